The van der Waals surface area contributed by atoms with E-state index in [0.29, 0.717) is 17.0 Å². The van der Waals surface area contributed by atoms with Gasteiger partial charge < -0.3 is 0 Å². The number of carbonyl (C=O) groups is 1. The Bertz CT molecular complexity index is 445. The van der Waals surface area contributed by atoms with E-state index >= 15 is 0 Å². The first kappa shape index (κ1) is 17.0. The fraction of sp³-hybridized carbons (Fsp3) is 0.500. The van der Waals surface area contributed by atoms with Gasteiger partial charge >= 0.3 is 6.18 Å². The summed E-state index contributed by atoms with van der Waals surface area (Å²) in [6, 6.07) is 5.33. The van der Waals surface area contributed by atoms with Crippen molar-refractivity contribution in [2.24, 2.45) is 0 Å². The fourth-order valence-electron chi connectivity index (χ4n) is 1.95. The Morgan fingerprint density at radius 3 is 2.30 bits per heavy atom. The van der Waals surface area contributed by atoms with Crippen LogP contribution in [0.3, 0.4) is 0 Å². The standard InChI is InChI=1S/C14H17ClF3NO/c1-3-8-19(9-14(16,17)18)10(2)13(20)11-4-6-12(15)7-5-11/h4-7,10H,3,8-9H2,1-2H3. The predicted molar refractivity (Wildman–Crippen MR) is 73.2 cm³/mol. The van der Waals surface area contributed by atoms with Crippen molar-refractivity contribution in [3.8, 4) is 0 Å². The lowest BCUT2D eigenvalue weighted by molar-refractivity contribution is -0.148. The van der Waals surface area contributed by atoms with Crippen LogP contribution in [0.1, 0.15) is 30.6 Å². The second kappa shape index (κ2) is 7.09. The molecule has 1 rings (SSSR count). The second-order valence-electron chi connectivity index (χ2n) is 4.63. The maximum absolute atomic E-state index is 12.5. The maximum atomic E-state index is 12.5. The lowest BCUT2D eigenvalue weighted by atomic mass is 10.0. The molecule has 0 N–H and O–H groups in total. The number of benzene rings is 1. The van der Waals surface area contributed by atoms with Gasteiger partial charge in [-0.15, -0.1) is 0 Å². The van der Waals surface area contributed by atoms with Crippen LogP contribution in [-0.2, 0) is 0 Å². The van der Waals surface area contributed by atoms with Crippen LogP contribution < -0.4 is 0 Å². The number of hydrogen-bond acceptors (Lipinski definition) is 2. The average molecular weight is 308 g/mol. The molecule has 0 amide bonds. The summed E-state index contributed by atoms with van der Waals surface area (Å²) >= 11 is 5.72. The molecule has 0 aliphatic heterocycles. The molecule has 0 aliphatic rings. The minimum atomic E-state index is -4.32. The van der Waals surface area contributed by atoms with Gasteiger partial charge in [-0.1, -0.05) is 18.5 Å². The number of Topliss-reactive ketones (excluding diaryl/α,β-unsaturated/α-hetero) is 1. The smallest absolute Gasteiger partial charge is 0.292 e. The van der Waals surface area contributed by atoms with Crippen molar-refractivity contribution in [3.05, 3.63) is 34.9 Å². The van der Waals surface area contributed by atoms with Crippen molar-refractivity contribution in [3.63, 3.8) is 0 Å². The van der Waals surface area contributed by atoms with E-state index < -0.39 is 18.8 Å². The van der Waals surface area contributed by atoms with Crippen LogP contribution in [0, 0.1) is 0 Å². The summed E-state index contributed by atoms with van der Waals surface area (Å²) in [6.45, 7) is 2.42. The third kappa shape index (κ3) is 5.13. The number of hydrogen-bond donors (Lipinski definition) is 0. The van der Waals surface area contributed by atoms with Gasteiger partial charge in [0.05, 0.1) is 12.6 Å². The summed E-state index contributed by atoms with van der Waals surface area (Å²) < 4.78 is 37.6. The van der Waals surface area contributed by atoms with Crippen molar-refractivity contribution in [2.45, 2.75) is 32.5 Å². The first-order valence-electron chi connectivity index (χ1n) is 6.35. The normalized spacial score (nSPS) is 13.6. The summed E-state index contributed by atoms with van der Waals surface area (Å²) in [4.78, 5) is 13.4. The van der Waals surface area contributed by atoms with Crippen molar-refractivity contribution in [1.29, 1.82) is 0 Å². The highest BCUT2D eigenvalue weighted by atomic mass is 35.5. The summed E-state index contributed by atoms with van der Waals surface area (Å²) in [5.74, 6) is -0.334. The van der Waals surface area contributed by atoms with E-state index in [0.717, 1.165) is 4.90 Å². The van der Waals surface area contributed by atoms with Gasteiger partial charge in [-0.2, -0.15) is 13.2 Å². The van der Waals surface area contributed by atoms with E-state index in [-0.39, 0.29) is 12.3 Å². The van der Waals surface area contributed by atoms with Crippen LogP contribution in [0.4, 0.5) is 13.2 Å². The molecule has 1 aromatic carbocycles. The highest BCUT2D eigenvalue weighted by Gasteiger charge is 2.34. The minimum Gasteiger partial charge on any atom is -0.292 e. The number of ketones is 1. The van der Waals surface area contributed by atoms with Crippen molar-refractivity contribution < 1.29 is 18.0 Å². The summed E-state index contributed by atoms with van der Waals surface area (Å²) in [5.41, 5.74) is 0.366. The lowest BCUT2D eigenvalue weighted by Crippen LogP contribution is -2.44. The molecule has 0 bridgehead atoms. The minimum absolute atomic E-state index is 0.222. The first-order valence-corrected chi connectivity index (χ1v) is 6.73. The van der Waals surface area contributed by atoms with Gasteiger partial charge in [0.15, 0.2) is 5.78 Å². The van der Waals surface area contributed by atoms with E-state index in [9.17, 15) is 18.0 Å². The molecular formula is C14H17ClF3NO. The van der Waals surface area contributed by atoms with Gasteiger partial charge in [-0.05, 0) is 44.2 Å². The zero-order valence-corrected chi connectivity index (χ0v) is 12.1. The highest BCUT2D eigenvalue weighted by molar-refractivity contribution is 6.30. The van der Waals surface area contributed by atoms with Crippen LogP contribution in [0.15, 0.2) is 24.3 Å². The highest BCUT2D eigenvalue weighted by Crippen LogP contribution is 2.20. The number of nitrogens with zero attached hydrogens (tertiary/aromatic N) is 1. The zero-order chi connectivity index (χ0) is 15.3. The SMILES string of the molecule is CCCN(CC(F)(F)F)C(C)C(=O)c1ccc(Cl)cc1. The predicted octanol–water partition coefficient (Wildman–Crippen LogP) is 4.19. The number of rotatable bonds is 6. The molecule has 1 atom stereocenters. The van der Waals surface area contributed by atoms with E-state index in [1.807, 2.05) is 0 Å². The van der Waals surface area contributed by atoms with Crippen LogP contribution >= 0.6 is 11.6 Å². The molecule has 0 radical (unpaired) electrons. The lowest BCUT2D eigenvalue weighted by Gasteiger charge is -2.28. The quantitative estimate of drug-likeness (QED) is 0.735. The Kier molecular flexibility index (Phi) is 6.02. The fourth-order valence-corrected chi connectivity index (χ4v) is 2.07. The molecule has 0 aliphatic carbocycles. The molecule has 0 saturated heterocycles. The van der Waals surface area contributed by atoms with Crippen LogP contribution in [0.25, 0.3) is 0 Å². The molecule has 0 spiro atoms. The molecule has 0 heterocycles. The summed E-state index contributed by atoms with van der Waals surface area (Å²) in [6.07, 6.45) is -3.77. The summed E-state index contributed by atoms with van der Waals surface area (Å²) in [5, 5.41) is 0.481. The van der Waals surface area contributed by atoms with Gasteiger partial charge in [0.1, 0.15) is 0 Å². The Balaban J connectivity index is 2.85. The largest absolute Gasteiger partial charge is 0.401 e. The molecule has 0 aromatic heterocycles. The molecule has 6 heteroatoms. The first-order chi connectivity index (χ1) is 9.24. The Labute approximate surface area is 121 Å². The van der Waals surface area contributed by atoms with Gasteiger partial charge in [0.25, 0.3) is 0 Å². The molecule has 1 unspecified atom stereocenters. The van der Waals surface area contributed by atoms with Crippen molar-refractivity contribution >= 4 is 17.4 Å². The maximum Gasteiger partial charge on any atom is 0.401 e. The molecule has 112 valence electrons. The van der Waals surface area contributed by atoms with Crippen LogP contribution in [-0.4, -0.2) is 36.0 Å². The van der Waals surface area contributed by atoms with Crippen LogP contribution in [0.5, 0.6) is 0 Å². The molecular weight excluding hydrogens is 291 g/mol. The van der Waals surface area contributed by atoms with E-state index in [2.05, 4.69) is 0 Å². The number of alkyl halides is 3. The third-order valence-corrected chi connectivity index (χ3v) is 3.20. The Hall–Kier alpha value is -1.07. The van der Waals surface area contributed by atoms with Crippen molar-refractivity contribution in [2.75, 3.05) is 13.1 Å². The third-order valence-electron chi connectivity index (χ3n) is 2.95. The van der Waals surface area contributed by atoms with E-state index in [4.69, 9.17) is 11.6 Å². The van der Waals surface area contributed by atoms with Gasteiger partial charge in [-0.25, -0.2) is 0 Å². The number of halogens is 4. The Morgan fingerprint density at radius 2 is 1.85 bits per heavy atom. The monoisotopic (exact) mass is 307 g/mol. The molecule has 0 saturated carbocycles. The summed E-state index contributed by atoms with van der Waals surface area (Å²) in [7, 11) is 0. The topological polar surface area (TPSA) is 20.3 Å². The van der Waals surface area contributed by atoms with Gasteiger partial charge in [0, 0.05) is 10.6 Å². The molecule has 2 nitrogen and oxygen atoms in total. The van der Waals surface area contributed by atoms with E-state index in [1.54, 1.807) is 19.1 Å². The van der Waals surface area contributed by atoms with Gasteiger partial charge in [-0.3, -0.25) is 9.69 Å². The molecule has 20 heavy (non-hydrogen) atoms. The molecule has 1 aromatic rings. The zero-order valence-electron chi connectivity index (χ0n) is 11.4. The number of carbonyl (C=O) groups excluding carboxylic acids is 1. The van der Waals surface area contributed by atoms with Crippen LogP contribution in [0.2, 0.25) is 5.02 Å². The van der Waals surface area contributed by atoms with Crippen molar-refractivity contribution in [1.82, 2.24) is 4.90 Å². The second-order valence-corrected chi connectivity index (χ2v) is 5.07. The molecule has 0 fully saturated rings. The average Bonchev–Trinajstić information content (AvgIpc) is 2.36. The Morgan fingerprint density at radius 1 is 1.30 bits per heavy atom. The van der Waals surface area contributed by atoms with Gasteiger partial charge in [0.2, 0.25) is 0 Å². The van der Waals surface area contributed by atoms with E-state index in [1.165, 1.54) is 19.1 Å².